The van der Waals surface area contributed by atoms with E-state index in [0.717, 1.165) is 15.6 Å². The Morgan fingerprint density at radius 3 is 2.81 bits per heavy atom. The molecule has 0 bridgehead atoms. The van der Waals surface area contributed by atoms with Crippen LogP contribution in [0.2, 0.25) is 0 Å². The van der Waals surface area contributed by atoms with E-state index in [9.17, 15) is 5.11 Å². The zero-order valence-corrected chi connectivity index (χ0v) is 11.4. The topological polar surface area (TPSA) is 20.2 Å². The Kier molecular flexibility index (Phi) is 3.79. The quantitative estimate of drug-likeness (QED) is 0.904. The zero-order chi connectivity index (χ0) is 11.5. The summed E-state index contributed by atoms with van der Waals surface area (Å²) < 4.78 is 1.05. The van der Waals surface area contributed by atoms with Gasteiger partial charge in [0.15, 0.2) is 0 Å². The SMILES string of the molecule is Cc1cc(Br)ccc1C(O)Cc1cccs1. The molecule has 0 spiro atoms. The third kappa shape index (κ3) is 2.73. The van der Waals surface area contributed by atoms with Crippen LogP contribution in [0.3, 0.4) is 0 Å². The van der Waals surface area contributed by atoms with E-state index in [2.05, 4.69) is 22.0 Å². The van der Waals surface area contributed by atoms with Gasteiger partial charge >= 0.3 is 0 Å². The van der Waals surface area contributed by atoms with Gasteiger partial charge in [-0.1, -0.05) is 28.1 Å². The van der Waals surface area contributed by atoms with Gasteiger partial charge in [-0.15, -0.1) is 11.3 Å². The Hall–Kier alpha value is -0.640. The van der Waals surface area contributed by atoms with Gasteiger partial charge in [-0.3, -0.25) is 0 Å². The minimum atomic E-state index is -0.410. The standard InChI is InChI=1S/C13H13BrOS/c1-9-7-10(14)4-5-12(9)13(15)8-11-3-2-6-16-11/h2-7,13,15H,8H2,1H3. The van der Waals surface area contributed by atoms with Crippen LogP contribution in [0.1, 0.15) is 22.1 Å². The summed E-state index contributed by atoms with van der Waals surface area (Å²) in [4.78, 5) is 1.22. The highest BCUT2D eigenvalue weighted by molar-refractivity contribution is 9.10. The van der Waals surface area contributed by atoms with Crippen molar-refractivity contribution in [3.8, 4) is 0 Å². The second-order valence-corrected chi connectivity index (χ2v) is 5.75. The van der Waals surface area contributed by atoms with Crippen LogP contribution in [0.25, 0.3) is 0 Å². The van der Waals surface area contributed by atoms with E-state index in [1.54, 1.807) is 11.3 Å². The normalized spacial score (nSPS) is 12.7. The molecule has 0 aliphatic carbocycles. The van der Waals surface area contributed by atoms with E-state index in [4.69, 9.17) is 0 Å². The zero-order valence-electron chi connectivity index (χ0n) is 8.98. The summed E-state index contributed by atoms with van der Waals surface area (Å²) >= 11 is 5.11. The summed E-state index contributed by atoms with van der Waals surface area (Å²) in [6.07, 6.45) is 0.284. The number of hydrogen-bond donors (Lipinski definition) is 1. The fourth-order valence-electron chi connectivity index (χ4n) is 1.74. The average Bonchev–Trinajstić information content (AvgIpc) is 2.70. The van der Waals surface area contributed by atoms with Gasteiger partial charge in [-0.2, -0.15) is 0 Å². The number of aliphatic hydroxyl groups excluding tert-OH is 1. The van der Waals surface area contributed by atoms with E-state index in [0.29, 0.717) is 6.42 Å². The first-order valence-corrected chi connectivity index (χ1v) is 6.80. The molecule has 3 heteroatoms. The maximum atomic E-state index is 10.2. The predicted octanol–water partition coefficient (Wildman–Crippen LogP) is 4.10. The lowest BCUT2D eigenvalue weighted by Gasteiger charge is -2.13. The highest BCUT2D eigenvalue weighted by Crippen LogP contribution is 2.25. The summed E-state index contributed by atoms with van der Waals surface area (Å²) in [6.45, 7) is 2.03. The lowest BCUT2D eigenvalue weighted by Crippen LogP contribution is -2.02. The Labute approximate surface area is 108 Å². The fourth-order valence-corrected chi connectivity index (χ4v) is 2.96. The molecule has 1 atom stereocenters. The maximum absolute atomic E-state index is 10.2. The molecule has 0 fully saturated rings. The second kappa shape index (κ2) is 5.13. The van der Waals surface area contributed by atoms with Crippen molar-refractivity contribution in [1.29, 1.82) is 0 Å². The van der Waals surface area contributed by atoms with Crippen molar-refractivity contribution in [1.82, 2.24) is 0 Å². The highest BCUT2D eigenvalue weighted by Gasteiger charge is 2.11. The Bertz CT molecular complexity index is 465. The van der Waals surface area contributed by atoms with Crippen molar-refractivity contribution < 1.29 is 5.11 Å². The van der Waals surface area contributed by atoms with Crippen molar-refractivity contribution in [2.45, 2.75) is 19.4 Å². The van der Waals surface area contributed by atoms with Gasteiger partial charge in [0, 0.05) is 15.8 Å². The third-order valence-electron chi connectivity index (χ3n) is 2.57. The van der Waals surface area contributed by atoms with Gasteiger partial charge in [0.2, 0.25) is 0 Å². The first-order chi connectivity index (χ1) is 7.66. The third-order valence-corrected chi connectivity index (χ3v) is 3.96. The molecule has 0 saturated carbocycles. The fraction of sp³-hybridized carbons (Fsp3) is 0.231. The molecule has 1 aromatic carbocycles. The number of aryl methyl sites for hydroxylation is 1. The minimum absolute atomic E-state index is 0.410. The number of rotatable bonds is 3. The first kappa shape index (κ1) is 11.8. The van der Waals surface area contributed by atoms with Crippen LogP contribution in [0.5, 0.6) is 0 Å². The van der Waals surface area contributed by atoms with Crippen LogP contribution in [-0.4, -0.2) is 5.11 Å². The molecular weight excluding hydrogens is 284 g/mol. The van der Waals surface area contributed by atoms with Gasteiger partial charge in [0.05, 0.1) is 6.10 Å². The van der Waals surface area contributed by atoms with Gasteiger partial charge in [0.25, 0.3) is 0 Å². The minimum Gasteiger partial charge on any atom is -0.388 e. The Balaban J connectivity index is 2.17. The largest absolute Gasteiger partial charge is 0.388 e. The van der Waals surface area contributed by atoms with Crippen LogP contribution in [0.15, 0.2) is 40.2 Å². The number of thiophene rings is 1. The number of benzene rings is 1. The van der Waals surface area contributed by atoms with Crippen molar-refractivity contribution in [3.63, 3.8) is 0 Å². The lowest BCUT2D eigenvalue weighted by atomic mass is 10.0. The molecular formula is C13H13BrOS. The molecule has 0 saturated heterocycles. The Morgan fingerprint density at radius 1 is 1.38 bits per heavy atom. The predicted molar refractivity (Wildman–Crippen MR) is 71.9 cm³/mol. The molecule has 0 aliphatic heterocycles. The van der Waals surface area contributed by atoms with Crippen molar-refractivity contribution >= 4 is 27.3 Å². The molecule has 2 rings (SSSR count). The van der Waals surface area contributed by atoms with E-state index in [1.165, 1.54) is 4.88 Å². The van der Waals surface area contributed by atoms with Gasteiger partial charge < -0.3 is 5.11 Å². The summed E-state index contributed by atoms with van der Waals surface area (Å²) in [7, 11) is 0. The molecule has 1 heterocycles. The van der Waals surface area contributed by atoms with Crippen molar-refractivity contribution in [2.75, 3.05) is 0 Å². The molecule has 0 aliphatic rings. The average molecular weight is 297 g/mol. The van der Waals surface area contributed by atoms with Gasteiger partial charge in [0.1, 0.15) is 0 Å². The number of halogens is 1. The summed E-state index contributed by atoms with van der Waals surface area (Å²) in [6, 6.07) is 10.1. The molecule has 1 nitrogen and oxygen atoms in total. The van der Waals surface area contributed by atoms with Crippen LogP contribution in [-0.2, 0) is 6.42 Å². The first-order valence-electron chi connectivity index (χ1n) is 5.13. The summed E-state index contributed by atoms with van der Waals surface area (Å²) in [5.74, 6) is 0. The lowest BCUT2D eigenvalue weighted by molar-refractivity contribution is 0.178. The van der Waals surface area contributed by atoms with Crippen LogP contribution in [0, 0.1) is 6.92 Å². The smallest absolute Gasteiger partial charge is 0.0840 e. The molecule has 1 unspecified atom stereocenters. The van der Waals surface area contributed by atoms with Gasteiger partial charge in [-0.05, 0) is 41.6 Å². The van der Waals surface area contributed by atoms with E-state index < -0.39 is 6.10 Å². The van der Waals surface area contributed by atoms with Crippen molar-refractivity contribution in [2.24, 2.45) is 0 Å². The van der Waals surface area contributed by atoms with Crippen LogP contribution < -0.4 is 0 Å². The van der Waals surface area contributed by atoms with E-state index >= 15 is 0 Å². The van der Waals surface area contributed by atoms with Crippen molar-refractivity contribution in [3.05, 3.63) is 56.2 Å². The molecule has 1 N–H and O–H groups in total. The van der Waals surface area contributed by atoms with Crippen LogP contribution >= 0.6 is 27.3 Å². The molecule has 2 aromatic rings. The maximum Gasteiger partial charge on any atom is 0.0840 e. The second-order valence-electron chi connectivity index (χ2n) is 3.80. The molecule has 84 valence electrons. The Morgan fingerprint density at radius 2 is 2.19 bits per heavy atom. The van der Waals surface area contributed by atoms with Gasteiger partial charge in [-0.25, -0.2) is 0 Å². The summed E-state index contributed by atoms with van der Waals surface area (Å²) in [5, 5.41) is 12.2. The van der Waals surface area contributed by atoms with Crippen LogP contribution in [0.4, 0.5) is 0 Å². The molecule has 1 aromatic heterocycles. The monoisotopic (exact) mass is 296 g/mol. The molecule has 0 amide bonds. The number of hydrogen-bond acceptors (Lipinski definition) is 2. The molecule has 16 heavy (non-hydrogen) atoms. The highest BCUT2D eigenvalue weighted by atomic mass is 79.9. The van der Waals surface area contributed by atoms with E-state index in [1.807, 2.05) is 36.6 Å². The number of aliphatic hydroxyl groups is 1. The van der Waals surface area contributed by atoms with E-state index in [-0.39, 0.29) is 0 Å². The molecule has 0 radical (unpaired) electrons. The summed E-state index contributed by atoms with van der Waals surface area (Å²) in [5.41, 5.74) is 2.13.